The molecule has 8 heteroatoms. The Morgan fingerprint density at radius 2 is 1.91 bits per heavy atom. The van der Waals surface area contributed by atoms with Gasteiger partial charge in [0, 0.05) is 45.4 Å². The van der Waals surface area contributed by atoms with E-state index in [4.69, 9.17) is 19.4 Å². The first-order valence-corrected chi connectivity index (χ1v) is 12.0. The third-order valence-corrected chi connectivity index (χ3v) is 6.62. The third kappa shape index (κ3) is 5.03. The first-order valence-electron chi connectivity index (χ1n) is 12.0. The molecule has 1 aliphatic heterocycles. The number of carbonyl (C=O) groups excluding carboxylic acids is 1. The maximum atomic E-state index is 12.1. The normalized spacial score (nSPS) is 13.7. The molecular weight excluding hydrogens is 442 g/mol. The van der Waals surface area contributed by atoms with Crippen LogP contribution in [-0.4, -0.2) is 61.9 Å². The number of hydrogen-bond acceptors (Lipinski definition) is 7. The van der Waals surface area contributed by atoms with Gasteiger partial charge >= 0.3 is 0 Å². The highest BCUT2D eigenvalue weighted by Gasteiger charge is 2.29. The van der Waals surface area contributed by atoms with Crippen LogP contribution in [0.15, 0.2) is 36.5 Å². The van der Waals surface area contributed by atoms with Crippen LogP contribution in [0.5, 0.6) is 5.75 Å². The van der Waals surface area contributed by atoms with Crippen LogP contribution in [0, 0.1) is 12.8 Å². The number of aromatic nitrogens is 3. The van der Waals surface area contributed by atoms with Crippen LogP contribution in [0.4, 0.5) is 11.4 Å². The minimum atomic E-state index is 0.202. The molecule has 0 unspecified atom stereocenters. The summed E-state index contributed by atoms with van der Waals surface area (Å²) in [6.45, 7) is 9.42. The van der Waals surface area contributed by atoms with E-state index in [2.05, 4.69) is 41.8 Å². The Morgan fingerprint density at radius 1 is 1.20 bits per heavy atom. The van der Waals surface area contributed by atoms with Crippen LogP contribution < -0.4 is 14.5 Å². The van der Waals surface area contributed by atoms with E-state index >= 15 is 0 Å². The largest absolute Gasteiger partial charge is 0.497 e. The van der Waals surface area contributed by atoms with Crippen molar-refractivity contribution in [2.45, 2.75) is 33.2 Å². The number of imidazole rings is 1. The van der Waals surface area contributed by atoms with Gasteiger partial charge in [0.2, 0.25) is 6.41 Å². The molecule has 8 nitrogen and oxygen atoms in total. The number of benzene rings is 1. The summed E-state index contributed by atoms with van der Waals surface area (Å²) in [5, 5.41) is 0. The summed E-state index contributed by atoms with van der Waals surface area (Å²) in [5.41, 5.74) is 5.59. The molecule has 0 spiro atoms. The number of methoxy groups -OCH3 is 2. The van der Waals surface area contributed by atoms with Gasteiger partial charge in [0.05, 0.1) is 37.0 Å². The number of rotatable bonds is 10. The molecule has 3 heterocycles. The van der Waals surface area contributed by atoms with E-state index in [1.165, 1.54) is 0 Å². The van der Waals surface area contributed by atoms with Gasteiger partial charge in [0.15, 0.2) is 5.82 Å². The molecule has 0 bridgehead atoms. The number of nitrogens with zero attached hydrogens (tertiary/aromatic N) is 5. The fraction of sp³-hybridized carbons (Fsp3) is 0.444. The van der Waals surface area contributed by atoms with Crippen molar-refractivity contribution in [1.29, 1.82) is 0 Å². The van der Waals surface area contributed by atoms with Crippen LogP contribution in [0.25, 0.3) is 11.5 Å². The summed E-state index contributed by atoms with van der Waals surface area (Å²) in [6.07, 6.45) is 2.72. The predicted octanol–water partition coefficient (Wildman–Crippen LogP) is 4.14. The summed E-state index contributed by atoms with van der Waals surface area (Å²) in [6, 6.07) is 10.2. The third-order valence-electron chi connectivity index (χ3n) is 6.62. The topological polar surface area (TPSA) is 72.7 Å². The fourth-order valence-electron chi connectivity index (χ4n) is 4.66. The summed E-state index contributed by atoms with van der Waals surface area (Å²) in [5.74, 6) is 2.14. The Balaban J connectivity index is 1.73. The molecular formula is C27H35N5O3. The second-order valence-corrected chi connectivity index (χ2v) is 9.53. The van der Waals surface area contributed by atoms with Crippen LogP contribution in [-0.2, 0) is 16.1 Å². The fourth-order valence-corrected chi connectivity index (χ4v) is 4.66. The lowest BCUT2D eigenvalue weighted by Crippen LogP contribution is -2.48. The minimum Gasteiger partial charge on any atom is -0.497 e. The molecule has 0 radical (unpaired) electrons. The molecule has 186 valence electrons. The Labute approximate surface area is 207 Å². The number of pyridine rings is 1. The van der Waals surface area contributed by atoms with E-state index in [1.54, 1.807) is 18.8 Å². The molecule has 35 heavy (non-hydrogen) atoms. The second kappa shape index (κ2) is 10.5. The molecule has 0 amide bonds. The quantitative estimate of drug-likeness (QED) is 0.406. The maximum Gasteiger partial charge on any atom is 0.219 e. The Morgan fingerprint density at radius 3 is 2.51 bits per heavy atom. The second-order valence-electron chi connectivity index (χ2n) is 9.53. The van der Waals surface area contributed by atoms with Gasteiger partial charge in [0.25, 0.3) is 0 Å². The molecule has 0 aliphatic carbocycles. The standard InChI is InChI=1S/C27H35N5O3/c1-18(2)25-19(3)32(17-33)27(29-25)26-24(30(4)13-20-7-9-23(35-6)10-8-20)11-22(12-28-26)31-14-21(15-31)16-34-5/h7-12,17-18,21H,13-16H2,1-6H3. The Bertz CT molecular complexity index is 1170. The highest BCUT2D eigenvalue weighted by atomic mass is 16.5. The molecule has 1 aromatic carbocycles. The van der Waals surface area contributed by atoms with Crippen LogP contribution in [0.3, 0.4) is 0 Å². The smallest absolute Gasteiger partial charge is 0.219 e. The summed E-state index contributed by atoms with van der Waals surface area (Å²) in [7, 11) is 5.46. The van der Waals surface area contributed by atoms with Crippen molar-refractivity contribution >= 4 is 17.8 Å². The molecule has 1 fully saturated rings. The zero-order chi connectivity index (χ0) is 25.1. The van der Waals surface area contributed by atoms with E-state index in [0.29, 0.717) is 24.0 Å². The van der Waals surface area contributed by atoms with Gasteiger partial charge < -0.3 is 19.3 Å². The van der Waals surface area contributed by atoms with E-state index in [1.807, 2.05) is 32.3 Å². The van der Waals surface area contributed by atoms with E-state index in [-0.39, 0.29) is 5.92 Å². The van der Waals surface area contributed by atoms with Gasteiger partial charge in [-0.3, -0.25) is 9.36 Å². The van der Waals surface area contributed by atoms with Crippen molar-refractivity contribution in [2.75, 3.05) is 50.8 Å². The van der Waals surface area contributed by atoms with Crippen molar-refractivity contribution in [1.82, 2.24) is 14.5 Å². The van der Waals surface area contributed by atoms with E-state index < -0.39 is 0 Å². The Kier molecular flexibility index (Phi) is 7.40. The molecule has 3 aromatic rings. The lowest BCUT2D eigenvalue weighted by atomic mass is 10.0. The van der Waals surface area contributed by atoms with Crippen LogP contribution in [0.2, 0.25) is 0 Å². The zero-order valence-corrected chi connectivity index (χ0v) is 21.5. The van der Waals surface area contributed by atoms with Gasteiger partial charge in [-0.2, -0.15) is 0 Å². The van der Waals surface area contributed by atoms with Crippen molar-refractivity contribution in [3.63, 3.8) is 0 Å². The van der Waals surface area contributed by atoms with Crippen molar-refractivity contribution in [3.05, 3.63) is 53.5 Å². The van der Waals surface area contributed by atoms with Gasteiger partial charge in [-0.25, -0.2) is 9.97 Å². The predicted molar refractivity (Wildman–Crippen MR) is 139 cm³/mol. The average molecular weight is 478 g/mol. The van der Waals surface area contributed by atoms with Crippen molar-refractivity contribution in [2.24, 2.45) is 5.92 Å². The molecule has 4 rings (SSSR count). The average Bonchev–Trinajstić information content (AvgIpc) is 3.17. The van der Waals surface area contributed by atoms with E-state index in [0.717, 1.165) is 60.2 Å². The first kappa shape index (κ1) is 24.7. The minimum absolute atomic E-state index is 0.202. The molecule has 1 aliphatic rings. The summed E-state index contributed by atoms with van der Waals surface area (Å²) in [4.78, 5) is 26.3. The molecule has 0 atom stereocenters. The SMILES string of the molecule is COCC1CN(c2cnc(-c3nc(C(C)C)c(C)n3C=O)c(N(C)Cc3ccc(OC)cc3)c2)C1. The summed E-state index contributed by atoms with van der Waals surface area (Å²) >= 11 is 0. The lowest BCUT2D eigenvalue weighted by molar-refractivity contribution is 0.137. The van der Waals surface area contributed by atoms with E-state index in [9.17, 15) is 4.79 Å². The highest BCUT2D eigenvalue weighted by Crippen LogP contribution is 2.36. The number of carbonyl (C=O) groups is 1. The van der Waals surface area contributed by atoms with Gasteiger partial charge in [-0.15, -0.1) is 0 Å². The van der Waals surface area contributed by atoms with Crippen molar-refractivity contribution in [3.8, 4) is 17.3 Å². The molecule has 2 aromatic heterocycles. The Hall–Kier alpha value is -3.39. The maximum absolute atomic E-state index is 12.1. The molecule has 0 N–H and O–H groups in total. The molecule has 0 saturated carbocycles. The zero-order valence-electron chi connectivity index (χ0n) is 21.5. The first-order chi connectivity index (χ1) is 16.9. The highest BCUT2D eigenvalue weighted by molar-refractivity contribution is 5.78. The number of ether oxygens (including phenoxy) is 2. The van der Waals surface area contributed by atoms with Gasteiger partial charge in [-0.1, -0.05) is 26.0 Å². The van der Waals surface area contributed by atoms with Crippen LogP contribution >= 0.6 is 0 Å². The number of hydrogen-bond donors (Lipinski definition) is 0. The monoisotopic (exact) mass is 477 g/mol. The lowest BCUT2D eigenvalue weighted by Gasteiger charge is -2.41. The molecule has 1 saturated heterocycles. The number of anilines is 2. The van der Waals surface area contributed by atoms with Crippen molar-refractivity contribution < 1.29 is 14.3 Å². The van der Waals surface area contributed by atoms with Crippen LogP contribution in [0.1, 0.15) is 36.7 Å². The van der Waals surface area contributed by atoms with Gasteiger partial charge in [0.1, 0.15) is 11.4 Å². The van der Waals surface area contributed by atoms with Gasteiger partial charge in [-0.05, 0) is 36.6 Å². The summed E-state index contributed by atoms with van der Waals surface area (Å²) < 4.78 is 12.2.